The summed E-state index contributed by atoms with van der Waals surface area (Å²) in [5.74, 6) is 2.66. The molecule has 2 rings (SSSR count). The number of hydrogen-bond acceptors (Lipinski definition) is 2. The fraction of sp³-hybridized carbons (Fsp3) is 0.846. The van der Waals surface area contributed by atoms with Crippen molar-refractivity contribution in [1.82, 2.24) is 10.2 Å². The monoisotopic (exact) mass is 208 g/mol. The molecule has 0 aromatic carbocycles. The van der Waals surface area contributed by atoms with Gasteiger partial charge in [0, 0.05) is 19.1 Å². The van der Waals surface area contributed by atoms with E-state index in [9.17, 15) is 0 Å². The second kappa shape index (κ2) is 4.67. The molecule has 0 aliphatic heterocycles. The summed E-state index contributed by atoms with van der Waals surface area (Å²) in [6.07, 6.45) is 7.71. The minimum absolute atomic E-state index is 0.685. The van der Waals surface area contributed by atoms with E-state index in [0.29, 0.717) is 6.04 Å². The van der Waals surface area contributed by atoms with Crippen LogP contribution in [0.2, 0.25) is 0 Å². The molecule has 0 radical (unpaired) electrons. The Morgan fingerprint density at radius 3 is 2.67 bits per heavy atom. The molecule has 1 saturated carbocycles. The van der Waals surface area contributed by atoms with Crippen LogP contribution in [0.25, 0.3) is 0 Å². The molecule has 15 heavy (non-hydrogen) atoms. The van der Waals surface area contributed by atoms with Gasteiger partial charge in [0.2, 0.25) is 0 Å². The summed E-state index contributed by atoms with van der Waals surface area (Å²) in [4.78, 5) is 2.24. The molecule has 0 heterocycles. The van der Waals surface area contributed by atoms with Gasteiger partial charge in [0.15, 0.2) is 0 Å². The molecule has 1 fully saturated rings. The Morgan fingerprint density at radius 1 is 1.33 bits per heavy atom. The van der Waals surface area contributed by atoms with Crippen LogP contribution >= 0.6 is 0 Å². The van der Waals surface area contributed by atoms with Gasteiger partial charge >= 0.3 is 0 Å². The van der Waals surface area contributed by atoms with E-state index in [-0.39, 0.29) is 0 Å². The molecule has 86 valence electrons. The normalized spacial score (nSPS) is 35.3. The summed E-state index contributed by atoms with van der Waals surface area (Å²) >= 11 is 0. The Bertz CT molecular complexity index is 235. The van der Waals surface area contributed by atoms with Crippen molar-refractivity contribution in [1.29, 1.82) is 0 Å². The van der Waals surface area contributed by atoms with Crippen LogP contribution in [-0.2, 0) is 0 Å². The molecule has 1 N–H and O–H groups in total. The second-order valence-electron chi connectivity index (χ2n) is 5.49. The number of allylic oxidation sites excluding steroid dienone is 2. The zero-order chi connectivity index (χ0) is 10.8. The molecular weight excluding hydrogens is 184 g/mol. The molecule has 0 aromatic rings. The number of fused-ring (bicyclic) bond motifs is 2. The predicted octanol–water partition coefficient (Wildman–Crippen LogP) is 1.74. The van der Waals surface area contributed by atoms with Gasteiger partial charge in [0.25, 0.3) is 0 Å². The fourth-order valence-corrected chi connectivity index (χ4v) is 3.07. The third-order valence-corrected chi connectivity index (χ3v) is 4.00. The zero-order valence-electron chi connectivity index (χ0n) is 10.2. The van der Waals surface area contributed by atoms with Crippen molar-refractivity contribution in [2.75, 3.05) is 27.2 Å². The number of nitrogens with zero attached hydrogens (tertiary/aromatic N) is 1. The van der Waals surface area contributed by atoms with Crippen molar-refractivity contribution in [3.05, 3.63) is 12.2 Å². The van der Waals surface area contributed by atoms with Crippen molar-refractivity contribution in [2.24, 2.45) is 17.8 Å². The molecular formula is C13H24N2. The maximum Gasteiger partial charge on any atom is 0.0101 e. The molecule has 0 aromatic heterocycles. The highest BCUT2D eigenvalue weighted by Crippen LogP contribution is 2.44. The topological polar surface area (TPSA) is 15.3 Å². The fourth-order valence-electron chi connectivity index (χ4n) is 3.07. The summed E-state index contributed by atoms with van der Waals surface area (Å²) in [6.45, 7) is 4.61. The number of likely N-dealkylation sites (N-methyl/N-ethyl adjacent to an activating group) is 1. The van der Waals surface area contributed by atoms with Gasteiger partial charge in [-0.25, -0.2) is 0 Å². The summed E-state index contributed by atoms with van der Waals surface area (Å²) < 4.78 is 0. The van der Waals surface area contributed by atoms with Crippen LogP contribution in [0.15, 0.2) is 12.2 Å². The molecule has 0 amide bonds. The van der Waals surface area contributed by atoms with Gasteiger partial charge in [-0.1, -0.05) is 12.2 Å². The standard InChI is InChI=1S/C13H24N2/c1-10(14-6-7-15(2)3)13-9-11-4-5-12(13)8-11/h4-5,10-14H,6-9H2,1-3H3. The van der Waals surface area contributed by atoms with Crippen molar-refractivity contribution in [2.45, 2.75) is 25.8 Å². The number of hydrogen-bond donors (Lipinski definition) is 1. The first-order valence-corrected chi connectivity index (χ1v) is 6.23. The van der Waals surface area contributed by atoms with E-state index < -0.39 is 0 Å². The Hall–Kier alpha value is -0.340. The number of nitrogens with one attached hydrogen (secondary N) is 1. The van der Waals surface area contributed by atoms with Gasteiger partial charge in [-0.05, 0) is 51.6 Å². The van der Waals surface area contributed by atoms with E-state index in [4.69, 9.17) is 0 Å². The summed E-state index contributed by atoms with van der Waals surface area (Å²) in [7, 11) is 4.26. The maximum atomic E-state index is 3.67. The summed E-state index contributed by atoms with van der Waals surface area (Å²) in [5.41, 5.74) is 0. The minimum Gasteiger partial charge on any atom is -0.313 e. The van der Waals surface area contributed by atoms with Gasteiger partial charge < -0.3 is 10.2 Å². The van der Waals surface area contributed by atoms with Crippen LogP contribution in [0.5, 0.6) is 0 Å². The number of rotatable bonds is 5. The van der Waals surface area contributed by atoms with Crippen molar-refractivity contribution in [3.8, 4) is 0 Å². The van der Waals surface area contributed by atoms with Crippen LogP contribution in [0.1, 0.15) is 19.8 Å². The van der Waals surface area contributed by atoms with Crippen molar-refractivity contribution < 1.29 is 0 Å². The maximum absolute atomic E-state index is 3.67. The Labute approximate surface area is 93.7 Å². The average Bonchev–Trinajstić information content (AvgIpc) is 2.77. The molecule has 4 atom stereocenters. The molecule has 2 aliphatic rings. The van der Waals surface area contributed by atoms with Gasteiger partial charge in [-0.3, -0.25) is 0 Å². The van der Waals surface area contributed by atoms with Crippen LogP contribution in [0, 0.1) is 17.8 Å². The van der Waals surface area contributed by atoms with Gasteiger partial charge in [-0.2, -0.15) is 0 Å². The van der Waals surface area contributed by atoms with Gasteiger partial charge in [-0.15, -0.1) is 0 Å². The highest BCUT2D eigenvalue weighted by atomic mass is 15.1. The van der Waals surface area contributed by atoms with E-state index in [0.717, 1.165) is 30.8 Å². The van der Waals surface area contributed by atoms with Crippen LogP contribution < -0.4 is 5.32 Å². The van der Waals surface area contributed by atoms with E-state index in [1.54, 1.807) is 0 Å². The lowest BCUT2D eigenvalue weighted by Gasteiger charge is -2.26. The second-order valence-corrected chi connectivity index (χ2v) is 5.49. The van der Waals surface area contributed by atoms with Crippen LogP contribution in [0.3, 0.4) is 0 Å². The first-order valence-electron chi connectivity index (χ1n) is 6.23. The summed E-state index contributed by atoms with van der Waals surface area (Å²) in [6, 6.07) is 0.685. The average molecular weight is 208 g/mol. The Morgan fingerprint density at radius 2 is 2.13 bits per heavy atom. The molecule has 4 unspecified atom stereocenters. The largest absolute Gasteiger partial charge is 0.313 e. The first-order chi connectivity index (χ1) is 7.16. The first kappa shape index (κ1) is 11.2. The quantitative estimate of drug-likeness (QED) is 0.692. The molecule has 2 bridgehead atoms. The van der Waals surface area contributed by atoms with Crippen molar-refractivity contribution in [3.63, 3.8) is 0 Å². The smallest absolute Gasteiger partial charge is 0.0101 e. The van der Waals surface area contributed by atoms with Crippen molar-refractivity contribution >= 4 is 0 Å². The highest BCUT2D eigenvalue weighted by Gasteiger charge is 2.38. The van der Waals surface area contributed by atoms with Gasteiger partial charge in [0.1, 0.15) is 0 Å². The Kier molecular flexibility index (Phi) is 3.47. The van der Waals surface area contributed by atoms with Gasteiger partial charge in [0.05, 0.1) is 0 Å². The third kappa shape index (κ3) is 2.61. The van der Waals surface area contributed by atoms with Crippen LogP contribution in [-0.4, -0.2) is 38.1 Å². The van der Waals surface area contributed by atoms with E-state index in [2.05, 4.69) is 43.4 Å². The predicted molar refractivity (Wildman–Crippen MR) is 64.9 cm³/mol. The lowest BCUT2D eigenvalue weighted by atomic mass is 9.87. The SMILES string of the molecule is CC(NCCN(C)C)C1CC2C=CC1C2. The lowest BCUT2D eigenvalue weighted by Crippen LogP contribution is -2.39. The molecule has 0 saturated heterocycles. The van der Waals surface area contributed by atoms with E-state index in [1.807, 2.05) is 0 Å². The van der Waals surface area contributed by atoms with E-state index in [1.165, 1.54) is 12.8 Å². The molecule has 2 heteroatoms. The van der Waals surface area contributed by atoms with E-state index >= 15 is 0 Å². The highest BCUT2D eigenvalue weighted by molar-refractivity contribution is 5.11. The van der Waals surface area contributed by atoms with Crippen LogP contribution in [0.4, 0.5) is 0 Å². The minimum atomic E-state index is 0.685. The third-order valence-electron chi connectivity index (χ3n) is 4.00. The lowest BCUT2D eigenvalue weighted by molar-refractivity contribution is 0.309. The molecule has 2 nitrogen and oxygen atoms in total. The molecule has 2 aliphatic carbocycles. The Balaban J connectivity index is 1.72. The summed E-state index contributed by atoms with van der Waals surface area (Å²) in [5, 5.41) is 3.67. The zero-order valence-corrected chi connectivity index (χ0v) is 10.2. The molecule has 0 spiro atoms.